The second-order valence-corrected chi connectivity index (χ2v) is 6.28. The van der Waals surface area contributed by atoms with Crippen molar-refractivity contribution in [3.8, 4) is 0 Å². The van der Waals surface area contributed by atoms with Gasteiger partial charge in [-0.05, 0) is 50.2 Å². The van der Waals surface area contributed by atoms with Gasteiger partial charge in [0, 0.05) is 6.54 Å². The van der Waals surface area contributed by atoms with Crippen LogP contribution < -0.4 is 5.73 Å². The summed E-state index contributed by atoms with van der Waals surface area (Å²) in [7, 11) is 2.21. The molecule has 1 fully saturated rings. The quantitative estimate of drug-likeness (QED) is 0.736. The van der Waals surface area contributed by atoms with E-state index in [1.807, 2.05) is 0 Å². The zero-order valence-corrected chi connectivity index (χ0v) is 10.3. The van der Waals surface area contributed by atoms with E-state index in [0.29, 0.717) is 10.8 Å². The van der Waals surface area contributed by atoms with Gasteiger partial charge in [-0.2, -0.15) is 0 Å². The highest BCUT2D eigenvalue weighted by Gasteiger charge is 2.36. The normalized spacial score (nSPS) is 30.6. The van der Waals surface area contributed by atoms with Crippen LogP contribution in [0.2, 0.25) is 0 Å². The number of likely N-dealkylation sites (tertiary alicyclic amines) is 1. The fraction of sp³-hybridized carbons (Fsp3) is 1.00. The van der Waals surface area contributed by atoms with Crippen molar-refractivity contribution in [2.24, 2.45) is 16.6 Å². The van der Waals surface area contributed by atoms with E-state index in [0.717, 1.165) is 6.54 Å². The molecule has 1 rings (SSSR count). The summed E-state index contributed by atoms with van der Waals surface area (Å²) < 4.78 is 0. The van der Waals surface area contributed by atoms with Crippen LogP contribution in [0.3, 0.4) is 0 Å². The maximum absolute atomic E-state index is 5.98. The lowest BCUT2D eigenvalue weighted by atomic mass is 9.69. The number of hydrogen-bond acceptors (Lipinski definition) is 2. The molecule has 1 saturated heterocycles. The van der Waals surface area contributed by atoms with Crippen LogP contribution in [0.15, 0.2) is 0 Å². The van der Waals surface area contributed by atoms with Gasteiger partial charge in [0.2, 0.25) is 0 Å². The van der Waals surface area contributed by atoms with E-state index in [1.54, 1.807) is 0 Å². The van der Waals surface area contributed by atoms with Crippen LogP contribution in [-0.4, -0.2) is 31.6 Å². The van der Waals surface area contributed by atoms with Crippen LogP contribution in [0.5, 0.6) is 0 Å². The average molecular weight is 198 g/mol. The molecular formula is C12H26N2. The summed E-state index contributed by atoms with van der Waals surface area (Å²) in [4.78, 5) is 2.43. The van der Waals surface area contributed by atoms with Crippen molar-refractivity contribution in [1.29, 1.82) is 0 Å². The van der Waals surface area contributed by atoms with E-state index in [9.17, 15) is 0 Å². The molecule has 2 nitrogen and oxygen atoms in total. The minimum atomic E-state index is 0.380. The largest absolute Gasteiger partial charge is 0.330 e. The predicted octanol–water partition coefficient (Wildman–Crippen LogP) is 2.09. The molecule has 1 aliphatic heterocycles. The minimum absolute atomic E-state index is 0.380. The van der Waals surface area contributed by atoms with Gasteiger partial charge in [0.25, 0.3) is 0 Å². The van der Waals surface area contributed by atoms with Crippen molar-refractivity contribution in [3.05, 3.63) is 0 Å². The molecule has 1 heterocycles. The summed E-state index contributed by atoms with van der Waals surface area (Å²) in [6, 6.07) is 0. The third-order valence-corrected chi connectivity index (χ3v) is 3.19. The first kappa shape index (κ1) is 12.0. The molecule has 84 valence electrons. The molecule has 0 aromatic carbocycles. The van der Waals surface area contributed by atoms with Gasteiger partial charge in [-0.1, -0.05) is 20.8 Å². The Morgan fingerprint density at radius 3 is 2.43 bits per heavy atom. The van der Waals surface area contributed by atoms with Crippen molar-refractivity contribution in [3.63, 3.8) is 0 Å². The van der Waals surface area contributed by atoms with Crippen LogP contribution in [0.4, 0.5) is 0 Å². The molecule has 1 aliphatic rings. The molecule has 1 atom stereocenters. The summed E-state index contributed by atoms with van der Waals surface area (Å²) in [5.41, 5.74) is 6.76. The van der Waals surface area contributed by atoms with Crippen LogP contribution in [0.1, 0.15) is 40.0 Å². The van der Waals surface area contributed by atoms with Crippen molar-refractivity contribution in [2.45, 2.75) is 40.0 Å². The highest BCUT2D eigenvalue weighted by molar-refractivity contribution is 4.90. The summed E-state index contributed by atoms with van der Waals surface area (Å²) >= 11 is 0. The van der Waals surface area contributed by atoms with E-state index < -0.39 is 0 Å². The van der Waals surface area contributed by atoms with Gasteiger partial charge in [0.15, 0.2) is 0 Å². The first-order valence-corrected chi connectivity index (χ1v) is 5.76. The Bertz CT molecular complexity index is 183. The predicted molar refractivity (Wildman–Crippen MR) is 62.3 cm³/mol. The number of nitrogens with two attached hydrogens (primary N) is 1. The van der Waals surface area contributed by atoms with Gasteiger partial charge in [0.05, 0.1) is 0 Å². The van der Waals surface area contributed by atoms with Crippen LogP contribution >= 0.6 is 0 Å². The Kier molecular flexibility index (Phi) is 3.59. The summed E-state index contributed by atoms with van der Waals surface area (Å²) in [6.07, 6.45) is 3.87. The fourth-order valence-electron chi connectivity index (χ4n) is 2.96. The molecule has 14 heavy (non-hydrogen) atoms. The number of nitrogens with zero attached hydrogens (tertiary/aromatic N) is 1. The van der Waals surface area contributed by atoms with Crippen molar-refractivity contribution in [2.75, 3.05) is 26.7 Å². The Morgan fingerprint density at radius 1 is 1.36 bits per heavy atom. The molecule has 0 spiro atoms. The van der Waals surface area contributed by atoms with Crippen molar-refractivity contribution in [1.82, 2.24) is 4.90 Å². The second kappa shape index (κ2) is 4.19. The van der Waals surface area contributed by atoms with Crippen LogP contribution in [0, 0.1) is 10.8 Å². The Balaban J connectivity index is 2.65. The highest BCUT2D eigenvalue weighted by Crippen LogP contribution is 2.39. The zero-order valence-electron chi connectivity index (χ0n) is 10.3. The summed E-state index contributed by atoms with van der Waals surface area (Å²) in [6.45, 7) is 10.2. The topological polar surface area (TPSA) is 29.3 Å². The number of rotatable bonds is 2. The SMILES string of the molecule is CN1CCCC(CN)(CC(C)(C)C)C1. The minimum Gasteiger partial charge on any atom is -0.330 e. The summed E-state index contributed by atoms with van der Waals surface area (Å²) in [5, 5.41) is 0. The maximum Gasteiger partial charge on any atom is 0.00472 e. The van der Waals surface area contributed by atoms with Gasteiger partial charge in [-0.3, -0.25) is 0 Å². The van der Waals surface area contributed by atoms with Gasteiger partial charge in [0.1, 0.15) is 0 Å². The van der Waals surface area contributed by atoms with Gasteiger partial charge >= 0.3 is 0 Å². The summed E-state index contributed by atoms with van der Waals surface area (Å²) in [5.74, 6) is 0. The Morgan fingerprint density at radius 2 is 2.00 bits per heavy atom. The second-order valence-electron chi connectivity index (χ2n) is 6.28. The van der Waals surface area contributed by atoms with E-state index in [1.165, 1.54) is 32.4 Å². The van der Waals surface area contributed by atoms with E-state index >= 15 is 0 Å². The molecule has 0 aromatic heterocycles. The molecule has 1 unspecified atom stereocenters. The highest BCUT2D eigenvalue weighted by atomic mass is 15.1. The monoisotopic (exact) mass is 198 g/mol. The lowest BCUT2D eigenvalue weighted by molar-refractivity contribution is 0.0713. The first-order valence-electron chi connectivity index (χ1n) is 5.76. The third kappa shape index (κ3) is 3.25. The fourth-order valence-corrected chi connectivity index (χ4v) is 2.96. The molecule has 0 aromatic rings. The molecule has 2 heteroatoms. The molecule has 2 N–H and O–H groups in total. The first-order chi connectivity index (χ1) is 6.37. The third-order valence-electron chi connectivity index (χ3n) is 3.19. The van der Waals surface area contributed by atoms with Gasteiger partial charge in [-0.25, -0.2) is 0 Å². The van der Waals surface area contributed by atoms with Crippen LogP contribution in [0.25, 0.3) is 0 Å². The van der Waals surface area contributed by atoms with E-state index in [-0.39, 0.29) is 0 Å². The number of hydrogen-bond donors (Lipinski definition) is 1. The zero-order chi connectivity index (χ0) is 10.8. The van der Waals surface area contributed by atoms with Crippen molar-refractivity contribution >= 4 is 0 Å². The van der Waals surface area contributed by atoms with Gasteiger partial charge < -0.3 is 10.6 Å². The molecule has 0 radical (unpaired) electrons. The average Bonchev–Trinajstić information content (AvgIpc) is 2.01. The van der Waals surface area contributed by atoms with Gasteiger partial charge in [-0.15, -0.1) is 0 Å². The Hall–Kier alpha value is -0.0800. The lowest BCUT2D eigenvalue weighted by Gasteiger charge is -2.44. The van der Waals surface area contributed by atoms with Crippen LogP contribution in [-0.2, 0) is 0 Å². The molecule has 0 aliphatic carbocycles. The standard InChI is InChI=1S/C12H26N2/c1-11(2,3)8-12(9-13)6-5-7-14(4)10-12/h5-10,13H2,1-4H3. The molecule has 0 bridgehead atoms. The molecule has 0 amide bonds. The molecule has 0 saturated carbocycles. The maximum atomic E-state index is 5.98. The van der Waals surface area contributed by atoms with E-state index in [2.05, 4.69) is 32.7 Å². The molecular weight excluding hydrogens is 172 g/mol. The lowest BCUT2D eigenvalue weighted by Crippen LogP contribution is -2.47. The Labute approximate surface area is 88.8 Å². The van der Waals surface area contributed by atoms with E-state index in [4.69, 9.17) is 5.73 Å². The smallest absolute Gasteiger partial charge is 0.00472 e. The van der Waals surface area contributed by atoms with Crippen molar-refractivity contribution < 1.29 is 0 Å². The number of piperidine rings is 1.